The highest BCUT2D eigenvalue weighted by molar-refractivity contribution is 9.10. The number of hydrogen-bond acceptors (Lipinski definition) is 4. The molecule has 102 valence electrons. The number of thiazole rings is 1. The molecule has 1 aromatic carbocycles. The highest BCUT2D eigenvalue weighted by Gasteiger charge is 2.19. The summed E-state index contributed by atoms with van der Waals surface area (Å²) >= 11 is 9.46. The molecule has 1 heterocycles. The van der Waals surface area contributed by atoms with Crippen LogP contribution in [0.25, 0.3) is 0 Å². The van der Waals surface area contributed by atoms with Crippen LogP contribution in [0.3, 0.4) is 0 Å². The van der Waals surface area contributed by atoms with Crippen molar-refractivity contribution in [1.29, 1.82) is 0 Å². The van der Waals surface area contributed by atoms with Crippen molar-refractivity contribution < 1.29 is 12.8 Å². The van der Waals surface area contributed by atoms with Crippen molar-refractivity contribution in [1.82, 2.24) is 4.98 Å². The third kappa shape index (κ3) is 3.25. The van der Waals surface area contributed by atoms with Gasteiger partial charge >= 0.3 is 0 Å². The maximum atomic E-state index is 13.3. The molecule has 19 heavy (non-hydrogen) atoms. The zero-order valence-electron chi connectivity index (χ0n) is 9.45. The van der Waals surface area contributed by atoms with E-state index in [0.717, 1.165) is 11.3 Å². The molecular weight excluding hydrogens is 379 g/mol. The van der Waals surface area contributed by atoms with Gasteiger partial charge in [0.25, 0.3) is 10.0 Å². The molecule has 9 heteroatoms. The minimum atomic E-state index is -3.77. The highest BCUT2D eigenvalue weighted by Crippen LogP contribution is 2.28. The Bertz CT molecular complexity index is 733. The lowest BCUT2D eigenvalue weighted by atomic mass is 10.2. The van der Waals surface area contributed by atoms with Crippen LogP contribution in [0.5, 0.6) is 0 Å². The zero-order chi connectivity index (χ0) is 14.2. The summed E-state index contributed by atoms with van der Waals surface area (Å²) in [6.45, 7) is 1.60. The van der Waals surface area contributed by atoms with Crippen LogP contribution in [0.2, 0.25) is 4.47 Å². The molecule has 1 aromatic heterocycles. The Balaban J connectivity index is 2.38. The second-order valence-corrected chi connectivity index (χ2v) is 8.00. The molecule has 1 N–H and O–H groups in total. The first-order valence-corrected chi connectivity index (χ1v) is 8.36. The molecule has 0 radical (unpaired) electrons. The molecule has 0 atom stereocenters. The smallest absolute Gasteiger partial charge is 0.273 e. The molecule has 2 aromatic rings. The normalized spacial score (nSPS) is 11.6. The average Bonchev–Trinajstić information content (AvgIpc) is 2.73. The fourth-order valence-electron chi connectivity index (χ4n) is 1.31. The van der Waals surface area contributed by atoms with E-state index in [1.165, 1.54) is 18.3 Å². The van der Waals surface area contributed by atoms with Crippen LogP contribution in [0.15, 0.2) is 27.0 Å². The molecule has 0 unspecified atom stereocenters. The molecule has 0 spiro atoms. The molecule has 0 bridgehead atoms. The maximum Gasteiger partial charge on any atom is 0.273 e. The van der Waals surface area contributed by atoms with Gasteiger partial charge in [-0.1, -0.05) is 22.9 Å². The van der Waals surface area contributed by atoms with Crippen molar-refractivity contribution >= 4 is 54.6 Å². The van der Waals surface area contributed by atoms with E-state index >= 15 is 0 Å². The zero-order valence-corrected chi connectivity index (χ0v) is 13.4. The third-order valence-electron chi connectivity index (χ3n) is 2.23. The molecular formula is C10H7BrClFN2O2S2. The summed E-state index contributed by atoms with van der Waals surface area (Å²) in [5, 5.41) is 0. The standard InChI is InChI=1S/C10H7BrClFN2O2S2/c1-5-2-7(13)6(11)3-8(5)15-19(16,17)9-4-14-10(12)18-9/h2-4,15H,1H3. The summed E-state index contributed by atoms with van der Waals surface area (Å²) in [5.74, 6) is -0.457. The first-order valence-electron chi connectivity index (χ1n) is 4.89. The summed E-state index contributed by atoms with van der Waals surface area (Å²) in [5.41, 5.74) is 0.762. The van der Waals surface area contributed by atoms with E-state index in [0.29, 0.717) is 5.56 Å². The fraction of sp³-hybridized carbons (Fsp3) is 0.100. The largest absolute Gasteiger partial charge is 0.279 e. The van der Waals surface area contributed by atoms with Crippen molar-refractivity contribution in [2.45, 2.75) is 11.1 Å². The van der Waals surface area contributed by atoms with Crippen LogP contribution in [0, 0.1) is 12.7 Å². The topological polar surface area (TPSA) is 59.1 Å². The number of sulfonamides is 1. The lowest BCUT2D eigenvalue weighted by molar-refractivity contribution is 0.602. The predicted molar refractivity (Wildman–Crippen MR) is 76.8 cm³/mol. The van der Waals surface area contributed by atoms with Gasteiger partial charge in [0.05, 0.1) is 16.4 Å². The van der Waals surface area contributed by atoms with Crippen LogP contribution in [0.4, 0.5) is 10.1 Å². The summed E-state index contributed by atoms with van der Waals surface area (Å²) in [6.07, 6.45) is 1.17. The van der Waals surface area contributed by atoms with E-state index in [4.69, 9.17) is 11.6 Å². The molecule has 2 rings (SSSR count). The number of benzene rings is 1. The van der Waals surface area contributed by atoms with Crippen LogP contribution in [0.1, 0.15) is 5.56 Å². The maximum absolute atomic E-state index is 13.3. The van der Waals surface area contributed by atoms with Gasteiger partial charge < -0.3 is 0 Å². The Morgan fingerprint density at radius 2 is 2.16 bits per heavy atom. The van der Waals surface area contributed by atoms with Gasteiger partial charge in [0, 0.05) is 0 Å². The van der Waals surface area contributed by atoms with Crippen molar-refractivity contribution in [3.8, 4) is 0 Å². The van der Waals surface area contributed by atoms with Gasteiger partial charge in [0.1, 0.15) is 5.82 Å². The van der Waals surface area contributed by atoms with E-state index < -0.39 is 15.8 Å². The average molecular weight is 386 g/mol. The molecule has 0 fully saturated rings. The molecule has 0 aliphatic carbocycles. The predicted octanol–water partition coefficient (Wildman–Crippen LogP) is 3.81. The van der Waals surface area contributed by atoms with Gasteiger partial charge in [-0.25, -0.2) is 17.8 Å². The van der Waals surface area contributed by atoms with Crippen LogP contribution >= 0.6 is 38.9 Å². The number of halogens is 3. The lowest BCUT2D eigenvalue weighted by Gasteiger charge is -2.10. The Morgan fingerprint density at radius 1 is 1.47 bits per heavy atom. The van der Waals surface area contributed by atoms with E-state index in [2.05, 4.69) is 25.6 Å². The summed E-state index contributed by atoms with van der Waals surface area (Å²) in [6, 6.07) is 2.60. The summed E-state index contributed by atoms with van der Waals surface area (Å²) in [4.78, 5) is 3.67. The van der Waals surface area contributed by atoms with Gasteiger partial charge in [-0.15, -0.1) is 0 Å². The number of anilines is 1. The molecule has 0 saturated heterocycles. The monoisotopic (exact) mass is 384 g/mol. The molecule has 0 aliphatic rings. The van der Waals surface area contributed by atoms with E-state index in [1.807, 2.05) is 0 Å². The minimum absolute atomic E-state index is 0.00246. The van der Waals surface area contributed by atoms with Gasteiger partial charge in [-0.3, -0.25) is 4.72 Å². The van der Waals surface area contributed by atoms with E-state index in [1.54, 1.807) is 6.92 Å². The van der Waals surface area contributed by atoms with E-state index in [-0.39, 0.29) is 18.8 Å². The Labute approximate surface area is 126 Å². The number of nitrogens with one attached hydrogen (secondary N) is 1. The third-order valence-corrected chi connectivity index (χ3v) is 5.78. The lowest BCUT2D eigenvalue weighted by Crippen LogP contribution is -2.12. The Kier molecular flexibility index (Phi) is 4.14. The van der Waals surface area contributed by atoms with Crippen molar-refractivity contribution in [2.75, 3.05) is 4.72 Å². The second-order valence-electron chi connectivity index (χ2n) is 3.62. The number of aryl methyl sites for hydroxylation is 1. The molecule has 0 aliphatic heterocycles. The first-order chi connectivity index (χ1) is 8.79. The van der Waals surface area contributed by atoms with Crippen molar-refractivity contribution in [3.63, 3.8) is 0 Å². The van der Waals surface area contributed by atoms with Gasteiger partial charge in [0.2, 0.25) is 0 Å². The molecule has 0 saturated carbocycles. The summed E-state index contributed by atoms with van der Waals surface area (Å²) in [7, 11) is -3.77. The molecule has 0 amide bonds. The number of aromatic nitrogens is 1. The van der Waals surface area contributed by atoms with Gasteiger partial charge in [-0.2, -0.15) is 0 Å². The van der Waals surface area contributed by atoms with Crippen molar-refractivity contribution in [2.24, 2.45) is 0 Å². The quantitative estimate of drug-likeness (QED) is 0.874. The number of rotatable bonds is 3. The first kappa shape index (κ1) is 14.7. The Morgan fingerprint density at radius 3 is 2.74 bits per heavy atom. The number of hydrogen-bond donors (Lipinski definition) is 1. The highest BCUT2D eigenvalue weighted by atomic mass is 79.9. The van der Waals surface area contributed by atoms with Crippen LogP contribution in [-0.4, -0.2) is 13.4 Å². The second kappa shape index (κ2) is 5.35. The Hall–Kier alpha value is -0.700. The van der Waals surface area contributed by atoms with Crippen LogP contribution < -0.4 is 4.72 Å². The fourth-order valence-corrected chi connectivity index (χ4v) is 4.07. The van der Waals surface area contributed by atoms with Crippen LogP contribution in [-0.2, 0) is 10.0 Å². The minimum Gasteiger partial charge on any atom is -0.279 e. The van der Waals surface area contributed by atoms with Gasteiger partial charge in [-0.05, 0) is 40.5 Å². The van der Waals surface area contributed by atoms with Crippen molar-refractivity contribution in [3.05, 3.63) is 38.6 Å². The van der Waals surface area contributed by atoms with Gasteiger partial charge in [0.15, 0.2) is 8.68 Å². The SMILES string of the molecule is Cc1cc(F)c(Br)cc1NS(=O)(=O)c1cnc(Cl)s1. The summed E-state index contributed by atoms with van der Waals surface area (Å²) < 4.78 is 40.1. The van der Waals surface area contributed by atoms with E-state index in [9.17, 15) is 12.8 Å². The molecule has 4 nitrogen and oxygen atoms in total. The number of nitrogens with zero attached hydrogens (tertiary/aromatic N) is 1.